The predicted molar refractivity (Wildman–Crippen MR) is 93.8 cm³/mol. The minimum absolute atomic E-state index is 0.263. The second kappa shape index (κ2) is 7.82. The van der Waals surface area contributed by atoms with Gasteiger partial charge in [0.1, 0.15) is 11.8 Å². The fourth-order valence-corrected chi connectivity index (χ4v) is 3.06. The van der Waals surface area contributed by atoms with Gasteiger partial charge in [0.15, 0.2) is 12.9 Å². The summed E-state index contributed by atoms with van der Waals surface area (Å²) in [6.45, 7) is 0.0496. The van der Waals surface area contributed by atoms with E-state index in [0.717, 1.165) is 11.1 Å². The number of amides is 1. The second-order valence-electron chi connectivity index (χ2n) is 5.98. The number of ether oxygens (including phenoxy) is 2. The molecule has 0 aromatic heterocycles. The molecule has 1 aliphatic rings. The number of esters is 1. The van der Waals surface area contributed by atoms with Crippen molar-refractivity contribution in [3.63, 3.8) is 0 Å². The van der Waals surface area contributed by atoms with Gasteiger partial charge in [-0.3, -0.25) is 9.59 Å². The summed E-state index contributed by atoms with van der Waals surface area (Å²) in [4.78, 5) is 37.4. The van der Waals surface area contributed by atoms with Crippen molar-refractivity contribution in [3.05, 3.63) is 65.2 Å². The molecule has 0 unspecified atom stereocenters. The second-order valence-corrected chi connectivity index (χ2v) is 5.98. The van der Waals surface area contributed by atoms with E-state index in [-0.39, 0.29) is 12.5 Å². The number of nitrogens with zero attached hydrogens (tertiary/aromatic N) is 1. The zero-order valence-electron chi connectivity index (χ0n) is 14.4. The van der Waals surface area contributed by atoms with Crippen molar-refractivity contribution < 1.29 is 23.9 Å². The van der Waals surface area contributed by atoms with Crippen LogP contribution in [0.25, 0.3) is 0 Å². The lowest BCUT2D eigenvalue weighted by Crippen LogP contribution is -2.50. The number of carbonyl (C=O) groups excluding carboxylic acids is 3. The van der Waals surface area contributed by atoms with Crippen LogP contribution in [0, 0.1) is 0 Å². The smallest absolute Gasteiger partial charge is 0.328 e. The quantitative estimate of drug-likeness (QED) is 0.607. The molecule has 1 atom stereocenters. The van der Waals surface area contributed by atoms with E-state index < -0.39 is 12.0 Å². The summed E-state index contributed by atoms with van der Waals surface area (Å²) < 4.78 is 10.4. The molecule has 6 heteroatoms. The zero-order valence-corrected chi connectivity index (χ0v) is 14.4. The molecule has 0 N–H and O–H groups in total. The van der Waals surface area contributed by atoms with E-state index in [2.05, 4.69) is 0 Å². The van der Waals surface area contributed by atoms with E-state index in [1.807, 2.05) is 24.3 Å². The Hall–Kier alpha value is -3.15. The van der Waals surface area contributed by atoms with E-state index >= 15 is 0 Å². The van der Waals surface area contributed by atoms with Gasteiger partial charge >= 0.3 is 5.97 Å². The Morgan fingerprint density at radius 2 is 1.81 bits per heavy atom. The Labute approximate surface area is 151 Å². The molecule has 134 valence electrons. The molecule has 1 heterocycles. The van der Waals surface area contributed by atoms with Crippen molar-refractivity contribution >= 4 is 18.2 Å². The first-order valence-electron chi connectivity index (χ1n) is 8.25. The zero-order chi connectivity index (χ0) is 18.5. The topological polar surface area (TPSA) is 72.9 Å². The van der Waals surface area contributed by atoms with Gasteiger partial charge in [0.05, 0.1) is 12.7 Å². The maximum Gasteiger partial charge on any atom is 0.328 e. The van der Waals surface area contributed by atoms with Crippen LogP contribution >= 0.6 is 0 Å². The van der Waals surface area contributed by atoms with Gasteiger partial charge in [0.2, 0.25) is 0 Å². The minimum atomic E-state index is -0.688. The minimum Gasteiger partial charge on any atom is -0.483 e. The fourth-order valence-electron chi connectivity index (χ4n) is 3.06. The largest absolute Gasteiger partial charge is 0.483 e. The number of benzene rings is 2. The van der Waals surface area contributed by atoms with Gasteiger partial charge in [-0.05, 0) is 23.3 Å². The first kappa shape index (κ1) is 17.7. The summed E-state index contributed by atoms with van der Waals surface area (Å²) in [5.41, 5.74) is 2.39. The molecule has 0 saturated heterocycles. The standard InChI is InChI=1S/C20H19NO5/c1-25-20(24)17-10-14-6-2-3-7-15(14)11-21(17)19(23)13-26-18-9-5-4-8-16(18)12-22/h2-9,12,17H,10-11,13H2,1H3/t17-/m0/s1. The summed E-state index contributed by atoms with van der Waals surface area (Å²) in [5, 5.41) is 0. The number of hydrogen-bond donors (Lipinski definition) is 0. The molecule has 0 fully saturated rings. The number of rotatable bonds is 5. The van der Waals surface area contributed by atoms with Crippen molar-refractivity contribution in [1.29, 1.82) is 0 Å². The fraction of sp³-hybridized carbons (Fsp3) is 0.250. The van der Waals surface area contributed by atoms with Crippen LogP contribution in [0.15, 0.2) is 48.5 Å². The van der Waals surface area contributed by atoms with E-state index in [9.17, 15) is 14.4 Å². The van der Waals surface area contributed by atoms with Crippen LogP contribution < -0.4 is 4.74 Å². The molecular weight excluding hydrogens is 334 g/mol. The highest BCUT2D eigenvalue weighted by Gasteiger charge is 2.35. The summed E-state index contributed by atoms with van der Waals surface area (Å²) in [7, 11) is 1.31. The lowest BCUT2D eigenvalue weighted by molar-refractivity contribution is -0.154. The van der Waals surface area contributed by atoms with Crippen molar-refractivity contribution in [2.75, 3.05) is 13.7 Å². The third-order valence-corrected chi connectivity index (χ3v) is 4.44. The summed E-state index contributed by atoms with van der Waals surface area (Å²) in [6, 6.07) is 13.7. The van der Waals surface area contributed by atoms with Crippen molar-refractivity contribution in [2.45, 2.75) is 19.0 Å². The van der Waals surface area contributed by atoms with Crippen LogP contribution in [-0.2, 0) is 27.3 Å². The number of methoxy groups -OCH3 is 1. The Morgan fingerprint density at radius 3 is 2.54 bits per heavy atom. The normalized spacial score (nSPS) is 15.7. The van der Waals surface area contributed by atoms with Gasteiger partial charge in [0.25, 0.3) is 5.91 Å². The number of carbonyl (C=O) groups is 3. The summed E-state index contributed by atoms with van der Waals surface area (Å²) in [6.07, 6.45) is 1.08. The van der Waals surface area contributed by atoms with E-state index in [1.165, 1.54) is 12.0 Å². The van der Waals surface area contributed by atoms with Gasteiger partial charge in [-0.2, -0.15) is 0 Å². The first-order chi connectivity index (χ1) is 12.6. The molecule has 0 spiro atoms. The number of para-hydroxylation sites is 1. The number of fused-ring (bicyclic) bond motifs is 1. The van der Waals surface area contributed by atoms with Crippen molar-refractivity contribution in [2.24, 2.45) is 0 Å². The highest BCUT2D eigenvalue weighted by atomic mass is 16.5. The van der Waals surface area contributed by atoms with Gasteiger partial charge in [-0.25, -0.2) is 4.79 Å². The van der Waals surface area contributed by atoms with Gasteiger partial charge < -0.3 is 14.4 Å². The average Bonchev–Trinajstić information content (AvgIpc) is 2.70. The highest BCUT2D eigenvalue weighted by molar-refractivity contribution is 5.86. The molecule has 0 radical (unpaired) electrons. The molecule has 1 aliphatic heterocycles. The SMILES string of the molecule is COC(=O)[C@@H]1Cc2ccccc2CN1C(=O)COc1ccccc1C=O. The van der Waals surface area contributed by atoms with Gasteiger partial charge in [0, 0.05) is 13.0 Å². The van der Waals surface area contributed by atoms with Gasteiger partial charge in [-0.15, -0.1) is 0 Å². The third-order valence-electron chi connectivity index (χ3n) is 4.44. The molecule has 0 bridgehead atoms. The van der Waals surface area contributed by atoms with E-state index in [1.54, 1.807) is 24.3 Å². The Bertz CT molecular complexity index is 832. The predicted octanol–water partition coefficient (Wildman–Crippen LogP) is 2.00. The first-order valence-corrected chi connectivity index (χ1v) is 8.25. The van der Waals surface area contributed by atoms with Crippen LogP contribution in [0.4, 0.5) is 0 Å². The molecule has 26 heavy (non-hydrogen) atoms. The highest BCUT2D eigenvalue weighted by Crippen LogP contribution is 2.24. The lowest BCUT2D eigenvalue weighted by Gasteiger charge is -2.35. The van der Waals surface area contributed by atoms with Gasteiger partial charge in [-0.1, -0.05) is 36.4 Å². The van der Waals surface area contributed by atoms with Crippen molar-refractivity contribution in [1.82, 2.24) is 4.90 Å². The van der Waals surface area contributed by atoms with Crippen LogP contribution in [0.5, 0.6) is 5.75 Å². The number of hydrogen-bond acceptors (Lipinski definition) is 5. The molecule has 0 aliphatic carbocycles. The van der Waals surface area contributed by atoms with E-state index in [4.69, 9.17) is 9.47 Å². The van der Waals surface area contributed by atoms with Crippen LogP contribution in [0.1, 0.15) is 21.5 Å². The monoisotopic (exact) mass is 353 g/mol. The molecular formula is C20H19NO5. The van der Waals surface area contributed by atoms with Crippen LogP contribution in [0.3, 0.4) is 0 Å². The van der Waals surface area contributed by atoms with Crippen molar-refractivity contribution in [3.8, 4) is 5.75 Å². The molecule has 2 aromatic rings. The number of aldehydes is 1. The van der Waals surface area contributed by atoms with Crippen LogP contribution in [-0.4, -0.2) is 42.8 Å². The summed E-state index contributed by atoms with van der Waals surface area (Å²) >= 11 is 0. The molecule has 1 amide bonds. The average molecular weight is 353 g/mol. The maximum atomic E-state index is 12.7. The summed E-state index contributed by atoms with van der Waals surface area (Å²) in [5.74, 6) is -0.459. The lowest BCUT2D eigenvalue weighted by atomic mass is 9.94. The molecule has 0 saturated carbocycles. The van der Waals surface area contributed by atoms with E-state index in [0.29, 0.717) is 30.6 Å². The third kappa shape index (κ3) is 3.59. The Balaban J connectivity index is 1.77. The Kier molecular flexibility index (Phi) is 5.31. The maximum absolute atomic E-state index is 12.7. The molecule has 2 aromatic carbocycles. The Morgan fingerprint density at radius 1 is 1.12 bits per heavy atom. The molecule has 6 nitrogen and oxygen atoms in total. The molecule has 3 rings (SSSR count). The van der Waals surface area contributed by atoms with Crippen LogP contribution in [0.2, 0.25) is 0 Å².